The Labute approximate surface area is 125 Å². The van der Waals surface area contributed by atoms with Crippen molar-refractivity contribution in [3.05, 3.63) is 23.8 Å². The topological polar surface area (TPSA) is 61.8 Å². The highest BCUT2D eigenvalue weighted by Gasteiger charge is 2.32. The van der Waals surface area contributed by atoms with E-state index < -0.39 is 0 Å². The van der Waals surface area contributed by atoms with Crippen LogP contribution in [0.25, 0.3) is 0 Å². The van der Waals surface area contributed by atoms with Gasteiger partial charge >= 0.3 is 6.03 Å². The first kappa shape index (κ1) is 15.6. The zero-order valence-corrected chi connectivity index (χ0v) is 12.9. The number of anilines is 1. The summed E-state index contributed by atoms with van der Waals surface area (Å²) in [6.07, 6.45) is 2.12. The Morgan fingerprint density at radius 3 is 2.76 bits per heavy atom. The van der Waals surface area contributed by atoms with E-state index in [9.17, 15) is 4.79 Å². The number of carbonyl (C=O) groups is 1. The lowest BCUT2D eigenvalue weighted by Crippen LogP contribution is -2.38. The summed E-state index contributed by atoms with van der Waals surface area (Å²) in [5, 5.41) is 12.0. The van der Waals surface area contributed by atoms with Crippen LogP contribution in [0.2, 0.25) is 0 Å². The molecule has 1 aromatic carbocycles. The SMILES string of the molecule is Cc1ccc(NC(=O)N(CCO)C2CC2)cc1OC(C)C. The highest BCUT2D eigenvalue weighted by molar-refractivity contribution is 5.90. The molecule has 116 valence electrons. The molecule has 21 heavy (non-hydrogen) atoms. The highest BCUT2D eigenvalue weighted by Crippen LogP contribution is 2.28. The molecule has 2 rings (SSSR count). The van der Waals surface area contributed by atoms with Gasteiger partial charge in [0.25, 0.3) is 0 Å². The molecule has 1 aliphatic carbocycles. The van der Waals surface area contributed by atoms with Crippen molar-refractivity contribution in [1.82, 2.24) is 4.90 Å². The van der Waals surface area contributed by atoms with Crippen LogP contribution >= 0.6 is 0 Å². The van der Waals surface area contributed by atoms with E-state index in [1.54, 1.807) is 4.90 Å². The molecular formula is C16H24N2O3. The van der Waals surface area contributed by atoms with Gasteiger partial charge in [-0.2, -0.15) is 0 Å². The fraction of sp³-hybridized carbons (Fsp3) is 0.562. The Hall–Kier alpha value is -1.75. The molecule has 1 fully saturated rings. The third-order valence-corrected chi connectivity index (χ3v) is 3.39. The number of aliphatic hydroxyl groups excluding tert-OH is 1. The second-order valence-electron chi connectivity index (χ2n) is 5.73. The third kappa shape index (κ3) is 4.36. The number of amides is 2. The van der Waals surface area contributed by atoms with Crippen LogP contribution in [0.4, 0.5) is 10.5 Å². The summed E-state index contributed by atoms with van der Waals surface area (Å²) in [5.41, 5.74) is 1.75. The van der Waals surface area contributed by atoms with Crippen molar-refractivity contribution in [3.8, 4) is 5.75 Å². The van der Waals surface area contributed by atoms with Crippen molar-refractivity contribution in [3.63, 3.8) is 0 Å². The van der Waals surface area contributed by atoms with E-state index in [0.717, 1.165) is 24.2 Å². The van der Waals surface area contributed by atoms with Gasteiger partial charge in [-0.3, -0.25) is 0 Å². The zero-order valence-electron chi connectivity index (χ0n) is 12.9. The first-order valence-corrected chi connectivity index (χ1v) is 7.47. The molecule has 0 aromatic heterocycles. The predicted octanol–water partition coefficient (Wildman–Crippen LogP) is 2.77. The maximum absolute atomic E-state index is 12.3. The van der Waals surface area contributed by atoms with Crippen LogP contribution in [0, 0.1) is 6.92 Å². The fourth-order valence-electron chi connectivity index (χ4n) is 2.20. The van der Waals surface area contributed by atoms with Gasteiger partial charge < -0.3 is 20.1 Å². The molecule has 0 atom stereocenters. The largest absolute Gasteiger partial charge is 0.491 e. The quantitative estimate of drug-likeness (QED) is 0.847. The van der Waals surface area contributed by atoms with E-state index >= 15 is 0 Å². The third-order valence-electron chi connectivity index (χ3n) is 3.39. The van der Waals surface area contributed by atoms with Crippen LogP contribution in [0.15, 0.2) is 18.2 Å². The first-order valence-electron chi connectivity index (χ1n) is 7.47. The molecule has 0 radical (unpaired) electrons. The van der Waals surface area contributed by atoms with Crippen molar-refractivity contribution >= 4 is 11.7 Å². The second-order valence-corrected chi connectivity index (χ2v) is 5.73. The molecule has 0 unspecified atom stereocenters. The van der Waals surface area contributed by atoms with E-state index in [0.29, 0.717) is 12.2 Å². The maximum Gasteiger partial charge on any atom is 0.322 e. The normalized spacial score (nSPS) is 14.1. The van der Waals surface area contributed by atoms with E-state index in [2.05, 4.69) is 5.32 Å². The van der Waals surface area contributed by atoms with Crippen LogP contribution < -0.4 is 10.1 Å². The van der Waals surface area contributed by atoms with E-state index in [-0.39, 0.29) is 24.8 Å². The Kier molecular flexibility index (Phi) is 5.07. The summed E-state index contributed by atoms with van der Waals surface area (Å²) < 4.78 is 5.73. The number of nitrogens with zero attached hydrogens (tertiary/aromatic N) is 1. The van der Waals surface area contributed by atoms with Crippen molar-refractivity contribution in [2.24, 2.45) is 0 Å². The second kappa shape index (κ2) is 6.80. The number of hydrogen-bond acceptors (Lipinski definition) is 3. The highest BCUT2D eigenvalue weighted by atomic mass is 16.5. The van der Waals surface area contributed by atoms with Crippen LogP contribution in [0.5, 0.6) is 5.75 Å². The lowest BCUT2D eigenvalue weighted by atomic mass is 10.2. The first-order chi connectivity index (χ1) is 10.0. The van der Waals surface area contributed by atoms with Gasteiger partial charge in [0.1, 0.15) is 5.75 Å². The molecule has 0 saturated heterocycles. The Balaban J connectivity index is 2.05. The number of hydrogen-bond donors (Lipinski definition) is 2. The average Bonchev–Trinajstić information content (AvgIpc) is 3.23. The molecular weight excluding hydrogens is 268 g/mol. The van der Waals surface area contributed by atoms with Gasteiger partial charge in [0.2, 0.25) is 0 Å². The number of urea groups is 1. The van der Waals surface area contributed by atoms with Gasteiger partial charge in [-0.15, -0.1) is 0 Å². The van der Waals surface area contributed by atoms with Crippen LogP contribution in [-0.2, 0) is 0 Å². The van der Waals surface area contributed by atoms with E-state index in [1.807, 2.05) is 39.0 Å². The molecule has 0 heterocycles. The number of nitrogens with one attached hydrogen (secondary N) is 1. The fourth-order valence-corrected chi connectivity index (χ4v) is 2.20. The molecule has 1 aromatic rings. The summed E-state index contributed by atoms with van der Waals surface area (Å²) in [6, 6.07) is 5.75. The van der Waals surface area contributed by atoms with Crippen LogP contribution in [0.3, 0.4) is 0 Å². The lowest BCUT2D eigenvalue weighted by Gasteiger charge is -2.22. The van der Waals surface area contributed by atoms with Crippen molar-refractivity contribution < 1.29 is 14.6 Å². The molecule has 0 bridgehead atoms. The van der Waals surface area contributed by atoms with Gasteiger partial charge in [0.05, 0.1) is 12.7 Å². The molecule has 1 aliphatic rings. The minimum atomic E-state index is -0.161. The maximum atomic E-state index is 12.3. The number of rotatable bonds is 6. The monoisotopic (exact) mass is 292 g/mol. The van der Waals surface area contributed by atoms with Gasteiger partial charge in [0.15, 0.2) is 0 Å². The van der Waals surface area contributed by atoms with E-state index in [4.69, 9.17) is 9.84 Å². The Morgan fingerprint density at radius 1 is 1.48 bits per heavy atom. The molecule has 0 aliphatic heterocycles. The summed E-state index contributed by atoms with van der Waals surface area (Å²) in [5.74, 6) is 0.780. The molecule has 2 amide bonds. The molecule has 1 saturated carbocycles. The number of ether oxygens (including phenoxy) is 1. The predicted molar refractivity (Wildman–Crippen MR) is 82.8 cm³/mol. The number of benzene rings is 1. The van der Waals surface area contributed by atoms with Crippen LogP contribution in [-0.4, -0.2) is 41.3 Å². The summed E-state index contributed by atoms with van der Waals surface area (Å²) in [4.78, 5) is 14.0. The molecule has 5 heteroatoms. The minimum absolute atomic E-state index is 0.0144. The number of aliphatic hydroxyl groups is 1. The number of aryl methyl sites for hydroxylation is 1. The molecule has 5 nitrogen and oxygen atoms in total. The zero-order chi connectivity index (χ0) is 15.4. The molecule has 2 N–H and O–H groups in total. The minimum Gasteiger partial charge on any atom is -0.491 e. The van der Waals surface area contributed by atoms with Crippen molar-refractivity contribution in [2.75, 3.05) is 18.5 Å². The van der Waals surface area contributed by atoms with Crippen molar-refractivity contribution in [2.45, 2.75) is 45.8 Å². The average molecular weight is 292 g/mol. The van der Waals surface area contributed by atoms with Crippen LogP contribution in [0.1, 0.15) is 32.3 Å². The summed E-state index contributed by atoms with van der Waals surface area (Å²) in [6.45, 7) is 6.28. The summed E-state index contributed by atoms with van der Waals surface area (Å²) >= 11 is 0. The van der Waals surface area contributed by atoms with Gasteiger partial charge in [0, 0.05) is 24.3 Å². The summed E-state index contributed by atoms with van der Waals surface area (Å²) in [7, 11) is 0. The Morgan fingerprint density at radius 2 is 2.19 bits per heavy atom. The number of carbonyl (C=O) groups excluding carboxylic acids is 1. The van der Waals surface area contributed by atoms with Gasteiger partial charge in [-0.05, 0) is 45.2 Å². The molecule has 0 spiro atoms. The van der Waals surface area contributed by atoms with Gasteiger partial charge in [-0.1, -0.05) is 6.07 Å². The standard InChI is InChI=1S/C16H24N2O3/c1-11(2)21-15-10-13(5-4-12(15)3)17-16(20)18(8-9-19)14-6-7-14/h4-5,10-11,14,19H,6-9H2,1-3H3,(H,17,20). The smallest absolute Gasteiger partial charge is 0.322 e. The van der Waals surface area contributed by atoms with Crippen molar-refractivity contribution in [1.29, 1.82) is 0 Å². The Bertz CT molecular complexity index is 498. The lowest BCUT2D eigenvalue weighted by molar-refractivity contribution is 0.185. The van der Waals surface area contributed by atoms with E-state index in [1.165, 1.54) is 0 Å². The van der Waals surface area contributed by atoms with Gasteiger partial charge in [-0.25, -0.2) is 4.79 Å².